The van der Waals surface area contributed by atoms with E-state index in [-0.39, 0.29) is 5.75 Å². The summed E-state index contributed by atoms with van der Waals surface area (Å²) in [5.74, 6) is 0.0860. The Morgan fingerprint density at radius 1 is 1.06 bits per heavy atom. The van der Waals surface area contributed by atoms with Gasteiger partial charge in [0, 0.05) is 5.69 Å². The van der Waals surface area contributed by atoms with Gasteiger partial charge < -0.3 is 9.31 Å². The molecule has 0 unspecified atom stereocenters. The number of rotatable bonds is 6. The Morgan fingerprint density at radius 2 is 1.77 bits per heavy atom. The van der Waals surface area contributed by atoms with E-state index in [1.807, 2.05) is 69.5 Å². The van der Waals surface area contributed by atoms with Crippen molar-refractivity contribution in [3.63, 3.8) is 0 Å². The van der Waals surface area contributed by atoms with Gasteiger partial charge in [0.1, 0.15) is 6.33 Å². The highest BCUT2D eigenvalue weighted by molar-refractivity contribution is 7.92. The third kappa shape index (κ3) is 4.22. The Hall–Kier alpha value is -2.36. The third-order valence-corrected chi connectivity index (χ3v) is 7.46. The highest BCUT2D eigenvalue weighted by atomic mass is 32.2. The number of benzene rings is 2. The lowest BCUT2D eigenvalue weighted by Crippen LogP contribution is -2.41. The highest BCUT2D eigenvalue weighted by Gasteiger charge is 2.51. The lowest BCUT2D eigenvalue weighted by Gasteiger charge is -2.32. The maximum Gasteiger partial charge on any atom is 0.494 e. The molecule has 1 aliphatic rings. The van der Waals surface area contributed by atoms with Gasteiger partial charge in [-0.05, 0) is 69.9 Å². The Labute approximate surface area is 184 Å². The van der Waals surface area contributed by atoms with Crippen molar-refractivity contribution in [1.82, 2.24) is 9.55 Å². The van der Waals surface area contributed by atoms with Crippen molar-refractivity contribution >= 4 is 39.3 Å². The van der Waals surface area contributed by atoms with E-state index in [2.05, 4.69) is 9.71 Å². The zero-order valence-electron chi connectivity index (χ0n) is 18.5. The Morgan fingerprint density at radius 3 is 2.45 bits per heavy atom. The molecule has 1 aromatic heterocycles. The average Bonchev–Trinajstić information content (AvgIpc) is 3.18. The highest BCUT2D eigenvalue weighted by Crippen LogP contribution is 2.36. The zero-order valence-corrected chi connectivity index (χ0v) is 19.4. The van der Waals surface area contributed by atoms with Gasteiger partial charge in [-0.15, -0.1) is 0 Å². The Balaban J connectivity index is 1.69. The van der Waals surface area contributed by atoms with Crippen LogP contribution >= 0.6 is 0 Å². The van der Waals surface area contributed by atoms with E-state index < -0.39 is 28.3 Å². The SMILES string of the molecule is CCCS(=O)(=O)Nc1cccc(-n2cnc3ccc(B4OC(C)(C)C(C)(C)O4)cc32)c1. The van der Waals surface area contributed by atoms with Crippen LogP contribution in [0.2, 0.25) is 0 Å². The van der Waals surface area contributed by atoms with Gasteiger partial charge in [-0.3, -0.25) is 9.29 Å². The monoisotopic (exact) mass is 441 g/mol. The summed E-state index contributed by atoms with van der Waals surface area (Å²) in [6, 6.07) is 13.2. The summed E-state index contributed by atoms with van der Waals surface area (Å²) in [6.45, 7) is 9.95. The first-order chi connectivity index (χ1) is 14.5. The van der Waals surface area contributed by atoms with E-state index in [4.69, 9.17) is 9.31 Å². The fourth-order valence-corrected chi connectivity index (χ4v) is 4.70. The predicted octanol–water partition coefficient (Wildman–Crippen LogP) is 3.48. The van der Waals surface area contributed by atoms with E-state index in [0.29, 0.717) is 12.1 Å². The number of anilines is 1. The number of hydrogen-bond donors (Lipinski definition) is 1. The standard InChI is InChI=1S/C22H28BN3O4S/c1-6-12-31(27,28)25-17-8-7-9-18(14-17)26-15-24-19-11-10-16(13-20(19)26)23-29-21(2,3)22(4,5)30-23/h7-11,13-15,25H,6,12H2,1-5H3. The van der Waals surface area contributed by atoms with Crippen LogP contribution in [0.1, 0.15) is 41.0 Å². The molecule has 0 amide bonds. The van der Waals surface area contributed by atoms with E-state index >= 15 is 0 Å². The molecule has 1 saturated heterocycles. The molecule has 1 N–H and O–H groups in total. The van der Waals surface area contributed by atoms with Crippen LogP contribution in [0.4, 0.5) is 5.69 Å². The fourth-order valence-electron chi connectivity index (χ4n) is 3.57. The molecule has 0 saturated carbocycles. The van der Waals surface area contributed by atoms with Crippen molar-refractivity contribution in [2.45, 2.75) is 52.2 Å². The molecule has 9 heteroatoms. The molecule has 1 aliphatic heterocycles. The minimum Gasteiger partial charge on any atom is -0.399 e. The largest absolute Gasteiger partial charge is 0.494 e. The van der Waals surface area contributed by atoms with Crippen molar-refractivity contribution in [3.05, 3.63) is 48.8 Å². The molecule has 4 rings (SSSR count). The van der Waals surface area contributed by atoms with Gasteiger partial charge in [0.25, 0.3) is 0 Å². The van der Waals surface area contributed by atoms with Crippen LogP contribution in [0.25, 0.3) is 16.7 Å². The van der Waals surface area contributed by atoms with Crippen molar-refractivity contribution in [1.29, 1.82) is 0 Å². The van der Waals surface area contributed by atoms with Crippen molar-refractivity contribution in [2.24, 2.45) is 0 Å². The van der Waals surface area contributed by atoms with Crippen LogP contribution in [0.5, 0.6) is 0 Å². The summed E-state index contributed by atoms with van der Waals surface area (Å²) in [6.07, 6.45) is 2.29. The molecule has 2 heterocycles. The normalized spacial score (nSPS) is 17.9. The molecule has 2 aromatic carbocycles. The van der Waals surface area contributed by atoms with Crippen LogP contribution in [-0.2, 0) is 19.3 Å². The predicted molar refractivity (Wildman–Crippen MR) is 124 cm³/mol. The Bertz CT molecular complexity index is 1200. The number of fused-ring (bicyclic) bond motifs is 1. The molecular formula is C22H28BN3O4S. The van der Waals surface area contributed by atoms with Gasteiger partial charge in [0.2, 0.25) is 10.0 Å². The van der Waals surface area contributed by atoms with Gasteiger partial charge in [-0.2, -0.15) is 0 Å². The molecule has 31 heavy (non-hydrogen) atoms. The summed E-state index contributed by atoms with van der Waals surface area (Å²) >= 11 is 0. The maximum atomic E-state index is 12.1. The first-order valence-corrected chi connectivity index (χ1v) is 12.1. The average molecular weight is 441 g/mol. The van der Waals surface area contributed by atoms with Crippen LogP contribution in [0.3, 0.4) is 0 Å². The summed E-state index contributed by atoms with van der Waals surface area (Å²) in [5, 5.41) is 0. The van der Waals surface area contributed by atoms with E-state index in [0.717, 1.165) is 22.2 Å². The molecule has 0 atom stereocenters. The van der Waals surface area contributed by atoms with Gasteiger partial charge in [0.15, 0.2) is 0 Å². The first-order valence-electron chi connectivity index (χ1n) is 10.4. The maximum absolute atomic E-state index is 12.1. The molecule has 0 radical (unpaired) electrons. The van der Waals surface area contributed by atoms with Crippen LogP contribution in [0.15, 0.2) is 48.8 Å². The number of aromatic nitrogens is 2. The minimum absolute atomic E-state index is 0.0860. The second-order valence-corrected chi connectivity index (χ2v) is 10.8. The molecule has 164 valence electrons. The van der Waals surface area contributed by atoms with E-state index in [9.17, 15) is 8.42 Å². The number of nitrogens with one attached hydrogen (secondary N) is 1. The van der Waals surface area contributed by atoms with Crippen molar-refractivity contribution in [2.75, 3.05) is 10.5 Å². The number of hydrogen-bond acceptors (Lipinski definition) is 5. The quantitative estimate of drug-likeness (QED) is 0.593. The lowest BCUT2D eigenvalue weighted by molar-refractivity contribution is 0.00578. The molecule has 0 aliphatic carbocycles. The summed E-state index contributed by atoms with van der Waals surface area (Å²) in [7, 11) is -3.83. The van der Waals surface area contributed by atoms with Crippen LogP contribution in [-0.4, -0.2) is 42.0 Å². The van der Waals surface area contributed by atoms with Gasteiger partial charge in [-0.25, -0.2) is 13.4 Å². The second kappa shape index (κ2) is 7.65. The summed E-state index contributed by atoms with van der Waals surface area (Å²) in [4.78, 5) is 4.50. The third-order valence-electron chi connectivity index (χ3n) is 5.97. The topological polar surface area (TPSA) is 82.5 Å². The molecular weight excluding hydrogens is 413 g/mol. The minimum atomic E-state index is -3.36. The van der Waals surface area contributed by atoms with Crippen LogP contribution in [0, 0.1) is 0 Å². The van der Waals surface area contributed by atoms with Gasteiger partial charge in [0.05, 0.1) is 33.7 Å². The fraction of sp³-hybridized carbons (Fsp3) is 0.409. The number of imidazole rings is 1. The number of sulfonamides is 1. The van der Waals surface area contributed by atoms with Gasteiger partial charge in [-0.1, -0.05) is 19.1 Å². The van der Waals surface area contributed by atoms with E-state index in [1.165, 1.54) is 0 Å². The molecule has 3 aromatic rings. The lowest BCUT2D eigenvalue weighted by atomic mass is 9.79. The molecule has 0 spiro atoms. The number of nitrogens with zero attached hydrogens (tertiary/aromatic N) is 2. The molecule has 7 nitrogen and oxygen atoms in total. The van der Waals surface area contributed by atoms with Crippen LogP contribution < -0.4 is 10.2 Å². The molecule has 0 bridgehead atoms. The summed E-state index contributed by atoms with van der Waals surface area (Å²) in [5.41, 5.74) is 3.12. The second-order valence-electron chi connectivity index (χ2n) is 8.92. The Kier molecular flexibility index (Phi) is 5.40. The zero-order chi connectivity index (χ0) is 22.4. The smallest absolute Gasteiger partial charge is 0.399 e. The first kappa shape index (κ1) is 21.9. The summed E-state index contributed by atoms with van der Waals surface area (Å²) < 4.78 is 41.3. The van der Waals surface area contributed by atoms with Gasteiger partial charge >= 0.3 is 7.12 Å². The van der Waals surface area contributed by atoms with E-state index in [1.54, 1.807) is 18.5 Å². The van der Waals surface area contributed by atoms with Crippen molar-refractivity contribution < 1.29 is 17.7 Å². The molecule has 1 fully saturated rings. The van der Waals surface area contributed by atoms with Crippen molar-refractivity contribution in [3.8, 4) is 5.69 Å².